The van der Waals surface area contributed by atoms with E-state index in [1.807, 2.05) is 0 Å². The molecule has 2 aromatic rings. The van der Waals surface area contributed by atoms with Gasteiger partial charge in [0, 0.05) is 6.92 Å². The first-order valence-corrected chi connectivity index (χ1v) is 5.10. The normalized spacial score (nSPS) is 10.7. The molecule has 0 saturated heterocycles. The number of aliphatic hydroxyl groups excluding tert-OH is 1. The van der Waals surface area contributed by atoms with E-state index in [1.54, 1.807) is 6.92 Å². The third-order valence-electron chi connectivity index (χ3n) is 2.15. The Bertz CT molecular complexity index is 534. The molecule has 2 rings (SSSR count). The third-order valence-corrected chi connectivity index (χ3v) is 2.15. The molecule has 0 saturated carbocycles. The predicted octanol–water partition coefficient (Wildman–Crippen LogP) is 1.73. The van der Waals surface area contributed by atoms with E-state index in [9.17, 15) is 8.78 Å². The van der Waals surface area contributed by atoms with Crippen LogP contribution in [0, 0.1) is 18.6 Å². The van der Waals surface area contributed by atoms with Crippen molar-refractivity contribution in [2.24, 2.45) is 0 Å². The summed E-state index contributed by atoms with van der Waals surface area (Å²) in [4.78, 5) is 0. The van der Waals surface area contributed by atoms with Gasteiger partial charge in [-0.15, -0.1) is 10.2 Å². The number of aliphatic hydroxyl groups is 1. The molecule has 0 unspecified atom stereocenters. The van der Waals surface area contributed by atoms with Gasteiger partial charge in [-0.2, -0.15) is 0 Å². The van der Waals surface area contributed by atoms with Gasteiger partial charge in [-0.1, -0.05) is 0 Å². The van der Waals surface area contributed by atoms with Crippen molar-refractivity contribution in [3.63, 3.8) is 0 Å². The minimum atomic E-state index is -0.893. The van der Waals surface area contributed by atoms with Crippen LogP contribution < -0.4 is 4.74 Å². The number of rotatable bonds is 4. The molecule has 0 spiro atoms. The first-order valence-electron chi connectivity index (χ1n) is 5.10. The first-order chi connectivity index (χ1) is 8.60. The quantitative estimate of drug-likeness (QED) is 0.902. The molecule has 1 heterocycles. The number of halogens is 2. The fourth-order valence-electron chi connectivity index (χ4n) is 1.37. The van der Waals surface area contributed by atoms with Gasteiger partial charge in [-0.05, 0) is 17.7 Å². The van der Waals surface area contributed by atoms with Gasteiger partial charge in [0.05, 0.1) is 6.61 Å². The van der Waals surface area contributed by atoms with E-state index in [2.05, 4.69) is 10.2 Å². The molecule has 1 aromatic carbocycles. The molecule has 0 radical (unpaired) electrons. The van der Waals surface area contributed by atoms with E-state index in [-0.39, 0.29) is 18.1 Å². The second kappa shape index (κ2) is 5.09. The summed E-state index contributed by atoms with van der Waals surface area (Å²) in [7, 11) is 0. The SMILES string of the molecule is Cc1nnc(COc2c(F)cc(CO)cc2F)o1. The van der Waals surface area contributed by atoms with Crippen molar-refractivity contribution in [3.8, 4) is 5.75 Å². The van der Waals surface area contributed by atoms with Crippen LogP contribution in [0.3, 0.4) is 0 Å². The van der Waals surface area contributed by atoms with Gasteiger partial charge in [-0.25, -0.2) is 8.78 Å². The molecule has 0 aliphatic carbocycles. The maximum Gasteiger partial charge on any atom is 0.253 e. The molecular formula is C11H10F2N2O3. The summed E-state index contributed by atoms with van der Waals surface area (Å²) in [5, 5.41) is 16.0. The molecular weight excluding hydrogens is 246 g/mol. The Morgan fingerprint density at radius 3 is 2.44 bits per heavy atom. The van der Waals surface area contributed by atoms with Crippen LogP contribution in [0.5, 0.6) is 5.75 Å². The number of benzene rings is 1. The van der Waals surface area contributed by atoms with E-state index in [1.165, 1.54) is 0 Å². The highest BCUT2D eigenvalue weighted by Crippen LogP contribution is 2.24. The van der Waals surface area contributed by atoms with Gasteiger partial charge in [-0.3, -0.25) is 0 Å². The molecule has 1 N–H and O–H groups in total. The summed E-state index contributed by atoms with van der Waals surface area (Å²) in [6, 6.07) is 1.99. The summed E-state index contributed by atoms with van der Waals surface area (Å²) in [6.45, 7) is 0.915. The second-order valence-corrected chi connectivity index (χ2v) is 3.55. The lowest BCUT2D eigenvalue weighted by Crippen LogP contribution is -2.01. The Morgan fingerprint density at radius 2 is 1.94 bits per heavy atom. The fourth-order valence-corrected chi connectivity index (χ4v) is 1.37. The minimum Gasteiger partial charge on any atom is -0.478 e. The van der Waals surface area contributed by atoms with Crippen molar-refractivity contribution >= 4 is 0 Å². The summed E-state index contributed by atoms with van der Waals surface area (Å²) in [5.74, 6) is -1.86. The maximum absolute atomic E-state index is 13.5. The molecule has 5 nitrogen and oxygen atoms in total. The van der Waals surface area contributed by atoms with Gasteiger partial charge in [0.2, 0.25) is 5.89 Å². The Balaban J connectivity index is 2.14. The number of hydrogen-bond donors (Lipinski definition) is 1. The lowest BCUT2D eigenvalue weighted by molar-refractivity contribution is 0.236. The molecule has 0 atom stereocenters. The molecule has 0 aliphatic heterocycles. The Morgan fingerprint density at radius 1 is 1.28 bits per heavy atom. The van der Waals surface area contributed by atoms with E-state index >= 15 is 0 Å². The lowest BCUT2D eigenvalue weighted by atomic mass is 10.2. The summed E-state index contributed by atoms with van der Waals surface area (Å²) >= 11 is 0. The second-order valence-electron chi connectivity index (χ2n) is 3.55. The fraction of sp³-hybridized carbons (Fsp3) is 0.273. The van der Waals surface area contributed by atoms with Crippen LogP contribution in [0.2, 0.25) is 0 Å². The van der Waals surface area contributed by atoms with Crippen molar-refractivity contribution in [1.82, 2.24) is 10.2 Å². The van der Waals surface area contributed by atoms with Crippen LogP contribution in [0.15, 0.2) is 16.5 Å². The van der Waals surface area contributed by atoms with Gasteiger partial charge in [0.15, 0.2) is 24.0 Å². The Labute approximate surface area is 101 Å². The zero-order valence-electron chi connectivity index (χ0n) is 9.48. The molecule has 0 amide bonds. The van der Waals surface area contributed by atoms with Crippen LogP contribution in [0.4, 0.5) is 8.78 Å². The molecule has 0 fully saturated rings. The zero-order chi connectivity index (χ0) is 13.1. The Kier molecular flexibility index (Phi) is 3.52. The summed E-state index contributed by atoms with van der Waals surface area (Å²) < 4.78 is 36.9. The van der Waals surface area contributed by atoms with Crippen molar-refractivity contribution in [3.05, 3.63) is 41.1 Å². The van der Waals surface area contributed by atoms with Crippen molar-refractivity contribution < 1.29 is 23.0 Å². The van der Waals surface area contributed by atoms with Crippen LogP contribution >= 0.6 is 0 Å². The molecule has 96 valence electrons. The monoisotopic (exact) mass is 256 g/mol. The van der Waals surface area contributed by atoms with E-state index in [0.29, 0.717) is 5.89 Å². The maximum atomic E-state index is 13.5. The van der Waals surface area contributed by atoms with Crippen molar-refractivity contribution in [2.75, 3.05) is 0 Å². The number of nitrogens with zero attached hydrogens (tertiary/aromatic N) is 2. The smallest absolute Gasteiger partial charge is 0.253 e. The highest BCUT2D eigenvalue weighted by Gasteiger charge is 2.14. The number of aromatic nitrogens is 2. The molecule has 0 bridgehead atoms. The number of ether oxygens (including phenoxy) is 1. The van der Waals surface area contributed by atoms with E-state index in [4.69, 9.17) is 14.3 Å². The average molecular weight is 256 g/mol. The minimum absolute atomic E-state index is 0.123. The third kappa shape index (κ3) is 2.62. The molecule has 0 aliphatic rings. The highest BCUT2D eigenvalue weighted by atomic mass is 19.1. The average Bonchev–Trinajstić information content (AvgIpc) is 2.73. The molecule has 1 aromatic heterocycles. The van der Waals surface area contributed by atoms with Crippen LogP contribution in [-0.4, -0.2) is 15.3 Å². The number of aryl methyl sites for hydroxylation is 1. The van der Waals surface area contributed by atoms with Crippen molar-refractivity contribution in [2.45, 2.75) is 20.1 Å². The van der Waals surface area contributed by atoms with Crippen LogP contribution in [0.25, 0.3) is 0 Å². The number of hydrogen-bond acceptors (Lipinski definition) is 5. The largest absolute Gasteiger partial charge is 0.478 e. The van der Waals surface area contributed by atoms with Crippen molar-refractivity contribution in [1.29, 1.82) is 0 Å². The Hall–Kier alpha value is -2.02. The predicted molar refractivity (Wildman–Crippen MR) is 55.6 cm³/mol. The summed E-state index contributed by atoms with van der Waals surface area (Å²) in [5.41, 5.74) is 0.131. The van der Waals surface area contributed by atoms with E-state index in [0.717, 1.165) is 12.1 Å². The first kappa shape index (κ1) is 12.4. The van der Waals surface area contributed by atoms with Gasteiger partial charge < -0.3 is 14.3 Å². The van der Waals surface area contributed by atoms with Gasteiger partial charge in [0.25, 0.3) is 5.89 Å². The standard InChI is InChI=1S/C11H10F2N2O3/c1-6-14-15-10(18-6)5-17-11-8(12)2-7(4-16)3-9(11)13/h2-3,16H,4-5H2,1H3. The van der Waals surface area contributed by atoms with Crippen LogP contribution in [0.1, 0.15) is 17.3 Å². The zero-order valence-corrected chi connectivity index (χ0v) is 9.48. The van der Waals surface area contributed by atoms with E-state index < -0.39 is 24.0 Å². The topological polar surface area (TPSA) is 68.4 Å². The molecule has 18 heavy (non-hydrogen) atoms. The highest BCUT2D eigenvalue weighted by molar-refractivity contribution is 5.31. The molecule has 7 heteroatoms. The summed E-state index contributed by atoms with van der Waals surface area (Å²) in [6.07, 6.45) is 0. The lowest BCUT2D eigenvalue weighted by Gasteiger charge is -2.07. The van der Waals surface area contributed by atoms with Crippen LogP contribution in [-0.2, 0) is 13.2 Å². The van der Waals surface area contributed by atoms with Gasteiger partial charge >= 0.3 is 0 Å². The van der Waals surface area contributed by atoms with Gasteiger partial charge in [0.1, 0.15) is 0 Å².